The van der Waals surface area contributed by atoms with Crippen LogP contribution in [0.15, 0.2) is 66.7 Å². The molecule has 3 aromatic rings. The van der Waals surface area contributed by atoms with Gasteiger partial charge in [0.25, 0.3) is 0 Å². The van der Waals surface area contributed by atoms with Gasteiger partial charge in [0, 0.05) is 5.56 Å². The van der Waals surface area contributed by atoms with Crippen LogP contribution in [0.2, 0.25) is 0 Å². The van der Waals surface area contributed by atoms with Crippen molar-refractivity contribution in [2.45, 2.75) is 13.2 Å². The summed E-state index contributed by atoms with van der Waals surface area (Å²) in [4.78, 5) is 5.47. The average molecular weight is 279 g/mol. The first kappa shape index (κ1) is 13.6. The second-order valence-corrected chi connectivity index (χ2v) is 4.88. The van der Waals surface area contributed by atoms with E-state index in [0.29, 0.717) is 13.2 Å². The van der Waals surface area contributed by atoms with E-state index >= 15 is 0 Å². The molecule has 3 heteroatoms. The number of nitrogens with one attached hydrogen (secondary N) is 1. The zero-order valence-electron chi connectivity index (χ0n) is 11.6. The van der Waals surface area contributed by atoms with Gasteiger partial charge < -0.3 is 5.11 Å². The van der Waals surface area contributed by atoms with Gasteiger partial charge in [0.1, 0.15) is 5.75 Å². The molecule has 2 N–H and O–H groups in total. The van der Waals surface area contributed by atoms with Crippen molar-refractivity contribution in [3.63, 3.8) is 0 Å². The highest BCUT2D eigenvalue weighted by Gasteiger charge is 2.06. The first-order chi connectivity index (χ1) is 10.3. The van der Waals surface area contributed by atoms with E-state index in [1.807, 2.05) is 60.7 Å². The SMILES string of the molecule is Oc1ccc2ccccc2c1CNOCc1ccccc1. The lowest BCUT2D eigenvalue weighted by Crippen LogP contribution is -2.14. The van der Waals surface area contributed by atoms with Crippen LogP contribution in [-0.2, 0) is 18.0 Å². The third-order valence-electron chi connectivity index (χ3n) is 3.45. The molecule has 0 saturated heterocycles. The number of hydrogen-bond acceptors (Lipinski definition) is 3. The molecule has 106 valence electrons. The maximum absolute atomic E-state index is 10.0. The van der Waals surface area contributed by atoms with E-state index in [1.54, 1.807) is 6.07 Å². The molecule has 0 fully saturated rings. The van der Waals surface area contributed by atoms with Crippen molar-refractivity contribution in [2.75, 3.05) is 0 Å². The van der Waals surface area contributed by atoms with Crippen molar-refractivity contribution in [3.05, 3.63) is 77.9 Å². The highest BCUT2D eigenvalue weighted by molar-refractivity contribution is 5.87. The van der Waals surface area contributed by atoms with Gasteiger partial charge in [-0.3, -0.25) is 4.84 Å². The Bertz CT molecular complexity index is 726. The molecule has 3 nitrogen and oxygen atoms in total. The van der Waals surface area contributed by atoms with Crippen LogP contribution >= 0.6 is 0 Å². The van der Waals surface area contributed by atoms with Gasteiger partial charge in [-0.25, -0.2) is 0 Å². The van der Waals surface area contributed by atoms with E-state index in [1.165, 1.54) is 0 Å². The Hall–Kier alpha value is -2.36. The Morgan fingerprint density at radius 2 is 1.62 bits per heavy atom. The summed E-state index contributed by atoms with van der Waals surface area (Å²) in [6.45, 7) is 0.951. The Morgan fingerprint density at radius 1 is 0.857 bits per heavy atom. The molecule has 0 aliphatic carbocycles. The molecule has 0 spiro atoms. The molecule has 0 radical (unpaired) electrons. The van der Waals surface area contributed by atoms with Crippen molar-refractivity contribution in [2.24, 2.45) is 0 Å². The Kier molecular flexibility index (Phi) is 4.15. The van der Waals surface area contributed by atoms with Gasteiger partial charge in [-0.1, -0.05) is 60.7 Å². The summed E-state index contributed by atoms with van der Waals surface area (Å²) in [5.74, 6) is 0.282. The smallest absolute Gasteiger partial charge is 0.120 e. The minimum Gasteiger partial charge on any atom is -0.508 e. The van der Waals surface area contributed by atoms with Gasteiger partial charge in [-0.05, 0) is 22.4 Å². The van der Waals surface area contributed by atoms with E-state index in [4.69, 9.17) is 4.84 Å². The fourth-order valence-corrected chi connectivity index (χ4v) is 2.34. The van der Waals surface area contributed by atoms with Gasteiger partial charge in [0.15, 0.2) is 0 Å². The van der Waals surface area contributed by atoms with E-state index in [2.05, 4.69) is 5.48 Å². The zero-order chi connectivity index (χ0) is 14.5. The summed E-state index contributed by atoms with van der Waals surface area (Å²) < 4.78 is 0. The van der Waals surface area contributed by atoms with Gasteiger partial charge in [0.05, 0.1) is 13.2 Å². The lowest BCUT2D eigenvalue weighted by molar-refractivity contribution is 0.0234. The fraction of sp³-hybridized carbons (Fsp3) is 0.111. The maximum Gasteiger partial charge on any atom is 0.120 e. The zero-order valence-corrected chi connectivity index (χ0v) is 11.6. The molecular formula is C18H17NO2. The predicted molar refractivity (Wildman–Crippen MR) is 83.7 cm³/mol. The lowest BCUT2D eigenvalue weighted by atomic mass is 10.0. The van der Waals surface area contributed by atoms with Crippen LogP contribution in [0.3, 0.4) is 0 Å². The van der Waals surface area contributed by atoms with E-state index in [-0.39, 0.29) is 5.75 Å². The van der Waals surface area contributed by atoms with Gasteiger partial charge in [-0.15, -0.1) is 0 Å². The highest BCUT2D eigenvalue weighted by atomic mass is 16.6. The fourth-order valence-electron chi connectivity index (χ4n) is 2.34. The van der Waals surface area contributed by atoms with Gasteiger partial charge in [-0.2, -0.15) is 5.48 Å². The minimum atomic E-state index is 0.282. The van der Waals surface area contributed by atoms with Crippen LogP contribution in [-0.4, -0.2) is 5.11 Å². The summed E-state index contributed by atoms with van der Waals surface area (Å²) in [7, 11) is 0. The van der Waals surface area contributed by atoms with E-state index in [9.17, 15) is 5.11 Å². The molecule has 0 bridgehead atoms. The molecule has 0 atom stereocenters. The second kappa shape index (κ2) is 6.39. The lowest BCUT2D eigenvalue weighted by Gasteiger charge is -2.10. The number of fused-ring (bicyclic) bond motifs is 1. The summed E-state index contributed by atoms with van der Waals surface area (Å²) >= 11 is 0. The molecular weight excluding hydrogens is 262 g/mol. The number of phenols is 1. The summed E-state index contributed by atoms with van der Waals surface area (Å²) in [6, 6.07) is 21.6. The molecule has 0 heterocycles. The highest BCUT2D eigenvalue weighted by Crippen LogP contribution is 2.26. The van der Waals surface area contributed by atoms with Gasteiger partial charge in [0.2, 0.25) is 0 Å². The number of benzene rings is 3. The molecule has 0 aromatic heterocycles. The number of phenolic OH excluding ortho intramolecular Hbond substituents is 1. The van der Waals surface area contributed by atoms with Crippen LogP contribution in [0.5, 0.6) is 5.75 Å². The first-order valence-corrected chi connectivity index (χ1v) is 6.93. The summed E-state index contributed by atoms with van der Waals surface area (Å²) in [6.07, 6.45) is 0. The maximum atomic E-state index is 10.0. The van der Waals surface area contributed by atoms with Gasteiger partial charge >= 0.3 is 0 Å². The standard InChI is InChI=1S/C18H17NO2/c20-18-11-10-15-8-4-5-9-16(15)17(18)12-19-21-13-14-6-2-1-3-7-14/h1-11,19-20H,12-13H2. The minimum absolute atomic E-state index is 0.282. The summed E-state index contributed by atoms with van der Waals surface area (Å²) in [5.41, 5.74) is 4.88. The topological polar surface area (TPSA) is 41.5 Å². The molecule has 0 aliphatic rings. The molecule has 3 rings (SSSR count). The van der Waals surface area contributed by atoms with Crippen LogP contribution in [0.4, 0.5) is 0 Å². The monoisotopic (exact) mass is 279 g/mol. The predicted octanol–water partition coefficient (Wildman–Crippen LogP) is 3.77. The van der Waals surface area contributed by atoms with Crippen molar-refractivity contribution < 1.29 is 9.94 Å². The Labute approximate surface area is 123 Å². The van der Waals surface area contributed by atoms with Crippen LogP contribution < -0.4 is 5.48 Å². The van der Waals surface area contributed by atoms with Crippen molar-refractivity contribution in [1.82, 2.24) is 5.48 Å². The number of aromatic hydroxyl groups is 1. The first-order valence-electron chi connectivity index (χ1n) is 6.93. The molecule has 0 unspecified atom stereocenters. The van der Waals surface area contributed by atoms with Crippen LogP contribution in [0.1, 0.15) is 11.1 Å². The molecule has 0 amide bonds. The van der Waals surface area contributed by atoms with Crippen LogP contribution in [0.25, 0.3) is 10.8 Å². The second-order valence-electron chi connectivity index (χ2n) is 4.88. The quantitative estimate of drug-likeness (QED) is 0.552. The average Bonchev–Trinajstić information content (AvgIpc) is 2.54. The van der Waals surface area contributed by atoms with Crippen molar-refractivity contribution >= 4 is 10.8 Å². The molecule has 0 saturated carbocycles. The third kappa shape index (κ3) is 3.21. The normalized spacial score (nSPS) is 10.9. The number of hydroxylamine groups is 1. The molecule has 3 aromatic carbocycles. The number of hydrogen-bond donors (Lipinski definition) is 2. The van der Waals surface area contributed by atoms with Crippen molar-refractivity contribution in [1.29, 1.82) is 0 Å². The Balaban J connectivity index is 1.67. The van der Waals surface area contributed by atoms with E-state index in [0.717, 1.165) is 21.9 Å². The largest absolute Gasteiger partial charge is 0.508 e. The molecule has 21 heavy (non-hydrogen) atoms. The van der Waals surface area contributed by atoms with Crippen molar-refractivity contribution in [3.8, 4) is 5.75 Å². The Morgan fingerprint density at radius 3 is 2.48 bits per heavy atom. The third-order valence-corrected chi connectivity index (χ3v) is 3.45. The number of rotatable bonds is 5. The van der Waals surface area contributed by atoms with E-state index < -0.39 is 0 Å². The summed E-state index contributed by atoms with van der Waals surface area (Å²) in [5, 5.41) is 12.2. The van der Waals surface area contributed by atoms with Crippen LogP contribution in [0, 0.1) is 0 Å². The molecule has 0 aliphatic heterocycles.